The first-order valence-corrected chi connectivity index (χ1v) is 13.3. The van der Waals surface area contributed by atoms with Crippen LogP contribution < -0.4 is 0 Å². The summed E-state index contributed by atoms with van der Waals surface area (Å²) in [6.07, 6.45) is 1.06. The fourth-order valence-corrected chi connectivity index (χ4v) is 5.18. The molecular weight excluding hydrogens is 521 g/mol. The minimum atomic E-state index is -1.51. The van der Waals surface area contributed by atoms with Crippen LogP contribution in [0.1, 0.15) is 53.5 Å². The number of carbonyl (C=O) groups excluding carboxylic acids is 1. The maximum Gasteiger partial charge on any atom is 0.259 e. The average Bonchev–Trinajstić information content (AvgIpc) is 3.70. The van der Waals surface area contributed by atoms with E-state index in [4.69, 9.17) is 16.3 Å². The largest absolute Gasteiger partial charge is 0.396 e. The van der Waals surface area contributed by atoms with Gasteiger partial charge in [0.25, 0.3) is 5.91 Å². The number of β-amino-alcohol motifs (C(OH)–C–C–N with tert-alkyl or cyclic N) is 1. The maximum atomic E-state index is 16.3. The number of pyridine rings is 1. The number of hydrogen-bond acceptors (Lipinski definition) is 6. The van der Waals surface area contributed by atoms with Crippen molar-refractivity contribution in [2.75, 3.05) is 19.8 Å². The van der Waals surface area contributed by atoms with Crippen LogP contribution in [0.25, 0.3) is 11.1 Å². The van der Waals surface area contributed by atoms with E-state index in [0.29, 0.717) is 28.3 Å². The molecule has 1 saturated carbocycles. The third kappa shape index (κ3) is 5.04. The number of hydrogen-bond donors (Lipinski definition) is 2. The molecule has 1 aliphatic heterocycles. The molecule has 3 aromatic rings. The van der Waals surface area contributed by atoms with Crippen molar-refractivity contribution in [3.63, 3.8) is 0 Å². The van der Waals surface area contributed by atoms with Gasteiger partial charge in [-0.05, 0) is 49.1 Å². The number of nitrogens with zero attached hydrogens (tertiary/aromatic N) is 3. The second-order valence-electron chi connectivity index (χ2n) is 10.4. The Hall–Kier alpha value is -3.35. The van der Waals surface area contributed by atoms with E-state index < -0.39 is 29.0 Å². The Morgan fingerprint density at radius 2 is 1.95 bits per heavy atom. The van der Waals surface area contributed by atoms with E-state index in [2.05, 4.69) is 4.98 Å². The third-order valence-corrected chi connectivity index (χ3v) is 7.98. The molecule has 2 N–H and O–H groups in total. The van der Waals surface area contributed by atoms with Crippen LogP contribution in [0.3, 0.4) is 0 Å². The molecule has 0 bridgehead atoms. The summed E-state index contributed by atoms with van der Waals surface area (Å²) in [5.41, 5.74) is -0.270. The Balaban J connectivity index is 1.68. The van der Waals surface area contributed by atoms with Crippen molar-refractivity contribution >= 4 is 17.5 Å². The molecule has 2 heterocycles. The van der Waals surface area contributed by atoms with Crippen LogP contribution in [0.4, 0.5) is 4.39 Å². The SMILES string of the molecule is CCC(O)CN1C(=O)c2c(ccc(-c3ccc(Cl)cc3)c2F)[C@@]1(Cc1cccc(C#N)n1)OCC1(CO)CC1. The molecule has 2 aromatic carbocycles. The van der Waals surface area contributed by atoms with E-state index in [9.17, 15) is 20.3 Å². The highest BCUT2D eigenvalue weighted by atomic mass is 35.5. The van der Waals surface area contributed by atoms with Gasteiger partial charge in [0.2, 0.25) is 0 Å². The maximum absolute atomic E-state index is 16.3. The monoisotopic (exact) mass is 549 g/mol. The summed E-state index contributed by atoms with van der Waals surface area (Å²) in [5, 5.41) is 30.5. The lowest BCUT2D eigenvalue weighted by Gasteiger charge is -2.40. The Bertz CT molecular complexity index is 1440. The van der Waals surface area contributed by atoms with E-state index in [1.165, 1.54) is 4.90 Å². The van der Waals surface area contributed by atoms with Crippen LogP contribution >= 0.6 is 11.6 Å². The summed E-state index contributed by atoms with van der Waals surface area (Å²) in [5.74, 6) is -1.29. The fraction of sp³-hybridized carbons (Fsp3) is 0.367. The molecule has 0 spiro atoms. The molecule has 2 atom stereocenters. The number of fused-ring (bicyclic) bond motifs is 1. The first kappa shape index (κ1) is 27.2. The normalized spacial score (nSPS) is 20.0. The van der Waals surface area contributed by atoms with Gasteiger partial charge in [-0.2, -0.15) is 5.26 Å². The molecule has 5 rings (SSSR count). The standard InChI is InChI=1S/C30H29ClFN3O4/c1-2-23(37)16-35-28(38)26-25(11-10-24(27(26)32)19-6-8-20(31)9-7-19)30(35,39-18-29(17-36)12-13-29)14-21-4-3-5-22(15-33)34-21/h3-11,23,36-37H,2,12-14,16-18H2,1H3/t23?,30-/m1/s1. The molecule has 1 aromatic heterocycles. The first-order valence-electron chi connectivity index (χ1n) is 13.0. The second-order valence-corrected chi connectivity index (χ2v) is 10.8. The zero-order valence-electron chi connectivity index (χ0n) is 21.5. The number of benzene rings is 2. The number of ether oxygens (including phenoxy) is 1. The van der Waals surface area contributed by atoms with Gasteiger partial charge in [0.15, 0.2) is 5.72 Å². The molecule has 1 aliphatic carbocycles. The lowest BCUT2D eigenvalue weighted by Crippen LogP contribution is -2.51. The van der Waals surface area contributed by atoms with E-state index in [1.54, 1.807) is 61.5 Å². The highest BCUT2D eigenvalue weighted by Gasteiger charge is 2.55. The van der Waals surface area contributed by atoms with Crippen molar-refractivity contribution < 1.29 is 24.1 Å². The number of aliphatic hydroxyl groups is 2. The molecule has 1 fully saturated rings. The number of halogens is 2. The van der Waals surface area contributed by atoms with E-state index in [-0.39, 0.29) is 43.0 Å². The van der Waals surface area contributed by atoms with Crippen LogP contribution in [0, 0.1) is 22.6 Å². The van der Waals surface area contributed by atoms with Gasteiger partial charge in [-0.25, -0.2) is 9.37 Å². The summed E-state index contributed by atoms with van der Waals surface area (Å²) in [6.45, 7) is 1.76. The van der Waals surface area contributed by atoms with Crippen molar-refractivity contribution in [2.45, 2.75) is 44.4 Å². The molecule has 0 radical (unpaired) electrons. The van der Waals surface area contributed by atoms with Crippen molar-refractivity contribution in [1.82, 2.24) is 9.88 Å². The predicted molar refractivity (Wildman–Crippen MR) is 143 cm³/mol. The van der Waals surface area contributed by atoms with Gasteiger partial charge in [-0.15, -0.1) is 0 Å². The van der Waals surface area contributed by atoms with Gasteiger partial charge in [0.05, 0.1) is 31.4 Å². The molecule has 1 unspecified atom stereocenters. The summed E-state index contributed by atoms with van der Waals surface area (Å²) in [7, 11) is 0. The number of carbonyl (C=O) groups is 1. The zero-order chi connectivity index (χ0) is 27.8. The summed E-state index contributed by atoms with van der Waals surface area (Å²) in [4.78, 5) is 19.8. The van der Waals surface area contributed by atoms with E-state index in [1.807, 2.05) is 6.07 Å². The lowest BCUT2D eigenvalue weighted by molar-refractivity contribution is -0.160. The van der Waals surface area contributed by atoms with Gasteiger partial charge in [0, 0.05) is 33.7 Å². The number of aliphatic hydroxyl groups excluding tert-OH is 2. The molecule has 1 amide bonds. The molecule has 202 valence electrons. The summed E-state index contributed by atoms with van der Waals surface area (Å²) in [6, 6.07) is 17.0. The second kappa shape index (κ2) is 10.7. The van der Waals surface area contributed by atoms with Gasteiger partial charge in [0.1, 0.15) is 17.6 Å². The smallest absolute Gasteiger partial charge is 0.259 e. The van der Waals surface area contributed by atoms with E-state index in [0.717, 1.165) is 12.8 Å². The fourth-order valence-electron chi connectivity index (χ4n) is 5.06. The van der Waals surface area contributed by atoms with Gasteiger partial charge in [-0.3, -0.25) is 4.79 Å². The number of aromatic nitrogens is 1. The minimum absolute atomic E-state index is 0.0267. The summed E-state index contributed by atoms with van der Waals surface area (Å²) < 4.78 is 22.8. The van der Waals surface area contributed by atoms with Gasteiger partial charge >= 0.3 is 0 Å². The Morgan fingerprint density at radius 1 is 1.21 bits per heavy atom. The third-order valence-electron chi connectivity index (χ3n) is 7.73. The number of rotatable bonds is 10. The summed E-state index contributed by atoms with van der Waals surface area (Å²) >= 11 is 6.02. The Morgan fingerprint density at radius 3 is 2.59 bits per heavy atom. The van der Waals surface area contributed by atoms with Gasteiger partial charge < -0.3 is 19.8 Å². The molecular formula is C30H29ClFN3O4. The van der Waals surface area contributed by atoms with Crippen molar-refractivity contribution in [1.29, 1.82) is 5.26 Å². The average molecular weight is 550 g/mol. The number of amides is 1. The van der Waals surface area contributed by atoms with Crippen LogP contribution in [-0.4, -0.2) is 51.9 Å². The quantitative estimate of drug-likeness (QED) is 0.375. The number of nitriles is 1. The van der Waals surface area contributed by atoms with Crippen LogP contribution in [0.2, 0.25) is 5.02 Å². The van der Waals surface area contributed by atoms with Crippen molar-refractivity contribution in [2.24, 2.45) is 5.41 Å². The van der Waals surface area contributed by atoms with Gasteiger partial charge in [-0.1, -0.05) is 48.9 Å². The Labute approximate surface area is 231 Å². The lowest BCUT2D eigenvalue weighted by atomic mass is 9.92. The van der Waals surface area contributed by atoms with Crippen molar-refractivity contribution in [3.05, 3.63) is 88.0 Å². The molecule has 0 saturated heterocycles. The highest BCUT2D eigenvalue weighted by molar-refractivity contribution is 6.30. The van der Waals surface area contributed by atoms with Crippen molar-refractivity contribution in [3.8, 4) is 17.2 Å². The predicted octanol–water partition coefficient (Wildman–Crippen LogP) is 4.82. The molecule has 2 aliphatic rings. The van der Waals surface area contributed by atoms with Crippen LogP contribution in [-0.2, 0) is 16.9 Å². The molecule has 7 nitrogen and oxygen atoms in total. The van der Waals surface area contributed by atoms with E-state index >= 15 is 4.39 Å². The topological polar surface area (TPSA) is 107 Å². The minimum Gasteiger partial charge on any atom is -0.396 e. The highest BCUT2D eigenvalue weighted by Crippen LogP contribution is 2.50. The van der Waals surface area contributed by atoms with Crippen LogP contribution in [0.15, 0.2) is 54.6 Å². The molecule has 9 heteroatoms. The Kier molecular flexibility index (Phi) is 7.45. The first-order chi connectivity index (χ1) is 18.8. The zero-order valence-corrected chi connectivity index (χ0v) is 22.3. The van der Waals surface area contributed by atoms with Crippen LogP contribution in [0.5, 0.6) is 0 Å². The molecule has 39 heavy (non-hydrogen) atoms.